The van der Waals surface area contributed by atoms with Crippen molar-refractivity contribution in [1.82, 2.24) is 29.3 Å². The van der Waals surface area contributed by atoms with Gasteiger partial charge in [0.15, 0.2) is 11.5 Å². The van der Waals surface area contributed by atoms with Crippen LogP contribution in [0.1, 0.15) is 19.8 Å². The van der Waals surface area contributed by atoms with E-state index < -0.39 is 0 Å². The Morgan fingerprint density at radius 2 is 2.04 bits per heavy atom. The zero-order chi connectivity index (χ0) is 17.8. The molecule has 2 aromatic heterocycles. The van der Waals surface area contributed by atoms with Crippen molar-refractivity contribution in [3.63, 3.8) is 0 Å². The van der Waals surface area contributed by atoms with Gasteiger partial charge in [-0.15, -0.1) is 0 Å². The Morgan fingerprint density at radius 3 is 2.72 bits per heavy atom. The summed E-state index contributed by atoms with van der Waals surface area (Å²) in [5.41, 5.74) is 1.70. The van der Waals surface area contributed by atoms with Crippen LogP contribution in [0.3, 0.4) is 0 Å². The summed E-state index contributed by atoms with van der Waals surface area (Å²) in [6.45, 7) is 6.25. The average Bonchev–Trinajstić information content (AvgIpc) is 3.04. The van der Waals surface area contributed by atoms with Gasteiger partial charge in [0, 0.05) is 27.2 Å². The Labute approximate surface area is 148 Å². The molecule has 1 N–H and O–H groups in total. The molecule has 3 heterocycles. The molecule has 0 unspecified atom stereocenters. The summed E-state index contributed by atoms with van der Waals surface area (Å²) >= 11 is 0. The maximum Gasteiger partial charge on any atom is 0.236 e. The third-order valence-electron chi connectivity index (χ3n) is 4.86. The summed E-state index contributed by atoms with van der Waals surface area (Å²) in [6.07, 6.45) is 5.58. The summed E-state index contributed by atoms with van der Waals surface area (Å²) in [5, 5.41) is 3.45. The number of rotatable bonds is 6. The highest BCUT2D eigenvalue weighted by atomic mass is 16.2. The minimum Gasteiger partial charge on any atom is -0.368 e. The van der Waals surface area contributed by atoms with E-state index in [1.165, 1.54) is 0 Å². The van der Waals surface area contributed by atoms with Gasteiger partial charge in [0.25, 0.3) is 0 Å². The van der Waals surface area contributed by atoms with Crippen LogP contribution in [0.5, 0.6) is 0 Å². The highest BCUT2D eigenvalue weighted by Gasteiger charge is 2.21. The number of fused-ring (bicyclic) bond motifs is 1. The Morgan fingerprint density at radius 1 is 1.28 bits per heavy atom. The Kier molecular flexibility index (Phi) is 5.47. The van der Waals surface area contributed by atoms with Crippen molar-refractivity contribution in [2.24, 2.45) is 5.92 Å². The van der Waals surface area contributed by atoms with Crippen LogP contribution < -0.4 is 5.32 Å². The molecule has 0 aliphatic carbocycles. The van der Waals surface area contributed by atoms with Crippen LogP contribution in [0, 0.1) is 5.92 Å². The largest absolute Gasteiger partial charge is 0.368 e. The molecule has 25 heavy (non-hydrogen) atoms. The average molecular weight is 345 g/mol. The number of carbonyl (C=O) groups excluding carboxylic acids is 1. The van der Waals surface area contributed by atoms with Gasteiger partial charge < -0.3 is 14.8 Å². The number of likely N-dealkylation sites (N-methyl/N-ethyl adjacent to an activating group) is 1. The number of aryl methyl sites for hydroxylation is 1. The SMILES string of the molecule is CCn1cnc2c(NCC3CCN(CC(=O)N(C)C)CC3)ncnc21. The number of likely N-dealkylation sites (tertiary alicyclic amines) is 1. The number of carbonyl (C=O) groups is 1. The van der Waals surface area contributed by atoms with Crippen LogP contribution in [0.4, 0.5) is 5.82 Å². The maximum absolute atomic E-state index is 11.8. The van der Waals surface area contributed by atoms with E-state index in [0.29, 0.717) is 12.5 Å². The van der Waals surface area contributed by atoms with Crippen molar-refractivity contribution in [1.29, 1.82) is 0 Å². The van der Waals surface area contributed by atoms with Crippen molar-refractivity contribution in [2.45, 2.75) is 26.3 Å². The van der Waals surface area contributed by atoms with E-state index in [1.54, 1.807) is 25.3 Å². The summed E-state index contributed by atoms with van der Waals surface area (Å²) in [5.74, 6) is 1.57. The van der Waals surface area contributed by atoms with Gasteiger partial charge in [-0.1, -0.05) is 0 Å². The van der Waals surface area contributed by atoms with E-state index in [0.717, 1.165) is 56.0 Å². The molecular formula is C17H27N7O. The third-order valence-corrected chi connectivity index (χ3v) is 4.86. The molecule has 1 aliphatic heterocycles. The predicted molar refractivity (Wildman–Crippen MR) is 97.3 cm³/mol. The van der Waals surface area contributed by atoms with E-state index in [1.807, 2.05) is 10.9 Å². The molecule has 136 valence electrons. The molecule has 3 rings (SSSR count). The fourth-order valence-electron chi connectivity index (χ4n) is 3.16. The van der Waals surface area contributed by atoms with E-state index >= 15 is 0 Å². The monoisotopic (exact) mass is 345 g/mol. The number of hydrogen-bond donors (Lipinski definition) is 1. The lowest BCUT2D eigenvalue weighted by Gasteiger charge is -2.32. The lowest BCUT2D eigenvalue weighted by atomic mass is 9.97. The van der Waals surface area contributed by atoms with E-state index in [9.17, 15) is 4.79 Å². The molecule has 0 bridgehead atoms. The lowest BCUT2D eigenvalue weighted by Crippen LogP contribution is -2.42. The first-order valence-electron chi connectivity index (χ1n) is 8.90. The first-order chi connectivity index (χ1) is 12.1. The smallest absolute Gasteiger partial charge is 0.236 e. The van der Waals surface area contributed by atoms with Gasteiger partial charge in [-0.25, -0.2) is 15.0 Å². The summed E-state index contributed by atoms with van der Waals surface area (Å²) < 4.78 is 2.02. The Hall–Kier alpha value is -2.22. The third kappa shape index (κ3) is 4.07. The van der Waals surface area contributed by atoms with E-state index in [2.05, 4.69) is 32.1 Å². The second-order valence-corrected chi connectivity index (χ2v) is 6.81. The van der Waals surface area contributed by atoms with Crippen molar-refractivity contribution >= 4 is 22.9 Å². The van der Waals surface area contributed by atoms with Crippen molar-refractivity contribution in [3.8, 4) is 0 Å². The van der Waals surface area contributed by atoms with Gasteiger partial charge in [0.1, 0.15) is 11.8 Å². The Balaban J connectivity index is 1.52. The minimum absolute atomic E-state index is 0.173. The van der Waals surface area contributed by atoms with Crippen LogP contribution >= 0.6 is 0 Å². The molecule has 1 saturated heterocycles. The zero-order valence-corrected chi connectivity index (χ0v) is 15.3. The van der Waals surface area contributed by atoms with Crippen LogP contribution in [-0.2, 0) is 11.3 Å². The van der Waals surface area contributed by atoms with Gasteiger partial charge in [-0.2, -0.15) is 0 Å². The highest BCUT2D eigenvalue weighted by Crippen LogP contribution is 2.21. The molecule has 0 aromatic carbocycles. The fourth-order valence-corrected chi connectivity index (χ4v) is 3.16. The quantitative estimate of drug-likeness (QED) is 0.843. The maximum atomic E-state index is 11.8. The van der Waals surface area contributed by atoms with Crippen molar-refractivity contribution < 1.29 is 4.79 Å². The Bertz CT molecular complexity index is 719. The first kappa shape index (κ1) is 17.6. The molecule has 0 radical (unpaired) electrons. The number of hydrogen-bond acceptors (Lipinski definition) is 6. The van der Waals surface area contributed by atoms with Gasteiger partial charge in [-0.3, -0.25) is 9.69 Å². The van der Waals surface area contributed by atoms with Gasteiger partial charge in [0.2, 0.25) is 5.91 Å². The van der Waals surface area contributed by atoms with Crippen LogP contribution in [0.2, 0.25) is 0 Å². The molecule has 1 fully saturated rings. The number of anilines is 1. The molecule has 2 aromatic rings. The number of amides is 1. The summed E-state index contributed by atoms with van der Waals surface area (Å²) in [6, 6.07) is 0. The number of piperidine rings is 1. The number of nitrogens with zero attached hydrogens (tertiary/aromatic N) is 6. The van der Waals surface area contributed by atoms with Crippen molar-refractivity contribution in [2.75, 3.05) is 45.6 Å². The summed E-state index contributed by atoms with van der Waals surface area (Å²) in [7, 11) is 3.61. The standard InChI is InChI=1S/C17H27N7O/c1-4-24-12-21-15-16(19-11-20-17(15)24)18-9-13-5-7-23(8-6-13)10-14(25)22(2)3/h11-13H,4-10H2,1-3H3,(H,18,19,20). The molecule has 0 saturated carbocycles. The molecule has 0 atom stereocenters. The second-order valence-electron chi connectivity index (χ2n) is 6.81. The lowest BCUT2D eigenvalue weighted by molar-refractivity contribution is -0.130. The minimum atomic E-state index is 0.173. The highest BCUT2D eigenvalue weighted by molar-refractivity contribution is 5.82. The number of imidazole rings is 1. The fraction of sp³-hybridized carbons (Fsp3) is 0.647. The second kappa shape index (κ2) is 7.77. The number of nitrogens with one attached hydrogen (secondary N) is 1. The normalized spacial score (nSPS) is 16.3. The zero-order valence-electron chi connectivity index (χ0n) is 15.3. The molecule has 8 nitrogen and oxygen atoms in total. The molecule has 0 spiro atoms. The van der Waals surface area contributed by atoms with Gasteiger partial charge in [0.05, 0.1) is 12.9 Å². The van der Waals surface area contributed by atoms with Gasteiger partial charge in [-0.05, 0) is 38.8 Å². The predicted octanol–water partition coefficient (Wildman–Crippen LogP) is 1.06. The molecular weight excluding hydrogens is 318 g/mol. The molecule has 8 heteroatoms. The topological polar surface area (TPSA) is 79.2 Å². The first-order valence-corrected chi connectivity index (χ1v) is 8.90. The molecule has 1 aliphatic rings. The van der Waals surface area contributed by atoms with E-state index in [4.69, 9.17) is 0 Å². The molecule has 1 amide bonds. The van der Waals surface area contributed by atoms with Crippen LogP contribution in [0.15, 0.2) is 12.7 Å². The van der Waals surface area contributed by atoms with Crippen molar-refractivity contribution in [3.05, 3.63) is 12.7 Å². The summed E-state index contributed by atoms with van der Waals surface area (Å²) in [4.78, 5) is 28.8. The van der Waals surface area contributed by atoms with Gasteiger partial charge >= 0.3 is 0 Å². The van der Waals surface area contributed by atoms with E-state index in [-0.39, 0.29) is 5.91 Å². The van der Waals surface area contributed by atoms with Crippen LogP contribution in [0.25, 0.3) is 11.2 Å². The van der Waals surface area contributed by atoms with Crippen LogP contribution in [-0.4, -0.2) is 75.5 Å². The number of aromatic nitrogens is 4.